The van der Waals surface area contributed by atoms with E-state index in [2.05, 4.69) is 5.16 Å². The van der Waals surface area contributed by atoms with Crippen LogP contribution in [0.2, 0.25) is 0 Å². The number of carbonyl (C=O) groups is 1. The molecule has 1 saturated heterocycles. The second kappa shape index (κ2) is 7.08. The number of benzene rings is 1. The first-order valence-corrected chi connectivity index (χ1v) is 7.08. The van der Waals surface area contributed by atoms with E-state index >= 15 is 0 Å². The number of carbonyl (C=O) groups excluding carboxylic acids is 1. The molecule has 1 amide bonds. The maximum Gasteiger partial charge on any atom is 0.229 e. The number of hydrogen-bond donors (Lipinski definition) is 2. The van der Waals surface area contributed by atoms with Crippen molar-refractivity contribution in [2.45, 2.75) is 31.8 Å². The molecule has 21 heavy (non-hydrogen) atoms. The van der Waals surface area contributed by atoms with Crippen LogP contribution in [0, 0.1) is 0 Å². The molecule has 0 aromatic heterocycles. The van der Waals surface area contributed by atoms with Gasteiger partial charge in [0.05, 0.1) is 12.5 Å². The van der Waals surface area contributed by atoms with Gasteiger partial charge >= 0.3 is 0 Å². The molecular weight excluding hydrogens is 270 g/mol. The Balaban J connectivity index is 2.04. The van der Waals surface area contributed by atoms with Crippen molar-refractivity contribution in [3.8, 4) is 0 Å². The number of amidine groups is 1. The predicted octanol–water partition coefficient (Wildman–Crippen LogP) is 1.70. The van der Waals surface area contributed by atoms with E-state index < -0.39 is 0 Å². The monoisotopic (exact) mass is 291 g/mol. The van der Waals surface area contributed by atoms with Crippen molar-refractivity contribution >= 4 is 17.4 Å². The van der Waals surface area contributed by atoms with Crippen LogP contribution in [-0.4, -0.2) is 36.7 Å². The molecule has 0 saturated carbocycles. The lowest BCUT2D eigenvalue weighted by Gasteiger charge is -2.25. The first kappa shape index (κ1) is 15.3. The van der Waals surface area contributed by atoms with Gasteiger partial charge in [-0.1, -0.05) is 17.3 Å². The quantitative estimate of drug-likeness (QED) is 0.382. The Morgan fingerprint density at radius 1 is 1.52 bits per heavy atom. The molecule has 114 valence electrons. The van der Waals surface area contributed by atoms with Crippen molar-refractivity contribution in [1.82, 2.24) is 0 Å². The Morgan fingerprint density at radius 2 is 2.33 bits per heavy atom. The third-order valence-electron chi connectivity index (χ3n) is 3.69. The van der Waals surface area contributed by atoms with Crippen LogP contribution < -0.4 is 10.6 Å². The minimum absolute atomic E-state index is 0.00133. The van der Waals surface area contributed by atoms with Crippen LogP contribution >= 0.6 is 0 Å². The van der Waals surface area contributed by atoms with Gasteiger partial charge in [0, 0.05) is 24.9 Å². The molecule has 1 heterocycles. The van der Waals surface area contributed by atoms with Crippen LogP contribution in [0.3, 0.4) is 0 Å². The van der Waals surface area contributed by atoms with Crippen LogP contribution in [0.15, 0.2) is 29.4 Å². The van der Waals surface area contributed by atoms with Crippen molar-refractivity contribution in [2.24, 2.45) is 10.9 Å². The van der Waals surface area contributed by atoms with Gasteiger partial charge in [-0.15, -0.1) is 0 Å². The molecule has 1 aromatic carbocycles. The highest BCUT2D eigenvalue weighted by molar-refractivity contribution is 5.99. The molecule has 3 N–H and O–H groups in total. The smallest absolute Gasteiger partial charge is 0.229 e. The van der Waals surface area contributed by atoms with Crippen molar-refractivity contribution < 1.29 is 14.7 Å². The van der Waals surface area contributed by atoms with Crippen LogP contribution in [0.5, 0.6) is 0 Å². The number of ether oxygens (including phenoxy) is 1. The highest BCUT2D eigenvalue weighted by Gasteiger charge is 2.20. The molecule has 1 aliphatic heterocycles. The van der Waals surface area contributed by atoms with E-state index in [1.807, 2.05) is 6.07 Å². The van der Waals surface area contributed by atoms with Crippen LogP contribution in [0.25, 0.3) is 0 Å². The summed E-state index contributed by atoms with van der Waals surface area (Å²) < 4.78 is 5.59. The first-order valence-electron chi connectivity index (χ1n) is 7.08. The fourth-order valence-electron chi connectivity index (χ4n) is 2.38. The minimum Gasteiger partial charge on any atom is -0.409 e. The van der Waals surface area contributed by atoms with Gasteiger partial charge in [0.15, 0.2) is 5.84 Å². The Bertz CT molecular complexity index is 525. The summed E-state index contributed by atoms with van der Waals surface area (Å²) in [5.74, 6) is 0.0203. The van der Waals surface area contributed by atoms with E-state index in [9.17, 15) is 4.79 Å². The largest absolute Gasteiger partial charge is 0.409 e. The summed E-state index contributed by atoms with van der Waals surface area (Å²) in [7, 11) is 1.72. The molecule has 1 aromatic rings. The van der Waals surface area contributed by atoms with Gasteiger partial charge in [-0.2, -0.15) is 0 Å². The molecule has 6 nitrogen and oxygen atoms in total. The zero-order valence-electron chi connectivity index (χ0n) is 12.2. The van der Waals surface area contributed by atoms with Gasteiger partial charge in [0.25, 0.3) is 0 Å². The summed E-state index contributed by atoms with van der Waals surface area (Å²) in [6, 6.07) is 7.02. The Hall–Kier alpha value is -2.08. The van der Waals surface area contributed by atoms with Crippen LogP contribution in [0.1, 0.15) is 31.2 Å². The Labute approximate surface area is 124 Å². The summed E-state index contributed by atoms with van der Waals surface area (Å²) >= 11 is 0. The molecule has 0 radical (unpaired) electrons. The number of oxime groups is 1. The highest BCUT2D eigenvalue weighted by Crippen LogP contribution is 2.20. The number of nitrogens with zero attached hydrogens (tertiary/aromatic N) is 2. The average Bonchev–Trinajstić information content (AvgIpc) is 2.54. The Morgan fingerprint density at radius 3 is 3.00 bits per heavy atom. The molecule has 0 spiro atoms. The molecule has 1 atom stereocenters. The lowest BCUT2D eigenvalue weighted by molar-refractivity contribution is -0.122. The van der Waals surface area contributed by atoms with Crippen LogP contribution in [0.4, 0.5) is 5.69 Å². The molecule has 0 bridgehead atoms. The van der Waals surface area contributed by atoms with Gasteiger partial charge in [-0.05, 0) is 31.4 Å². The summed E-state index contributed by atoms with van der Waals surface area (Å²) in [6.07, 6.45) is 3.51. The van der Waals surface area contributed by atoms with Crippen LogP contribution in [-0.2, 0) is 9.53 Å². The number of anilines is 1. The number of nitrogens with two attached hydrogens (primary N) is 1. The van der Waals surface area contributed by atoms with Gasteiger partial charge in [-0.25, -0.2) is 0 Å². The molecular formula is C15H21N3O3. The normalized spacial score (nSPS) is 19.3. The van der Waals surface area contributed by atoms with E-state index in [0.29, 0.717) is 17.7 Å². The average molecular weight is 291 g/mol. The molecule has 1 unspecified atom stereocenters. The van der Waals surface area contributed by atoms with E-state index in [0.717, 1.165) is 25.9 Å². The third-order valence-corrected chi connectivity index (χ3v) is 3.69. The van der Waals surface area contributed by atoms with Gasteiger partial charge in [0.1, 0.15) is 0 Å². The molecule has 0 aliphatic carbocycles. The molecule has 1 aliphatic rings. The van der Waals surface area contributed by atoms with Crippen molar-refractivity contribution in [3.63, 3.8) is 0 Å². The second-order valence-corrected chi connectivity index (χ2v) is 5.18. The predicted molar refractivity (Wildman–Crippen MR) is 80.6 cm³/mol. The minimum atomic E-state index is -0.00133. The molecule has 1 fully saturated rings. The van der Waals surface area contributed by atoms with Crippen molar-refractivity contribution in [3.05, 3.63) is 29.8 Å². The van der Waals surface area contributed by atoms with Gasteiger partial charge in [-0.3, -0.25) is 4.79 Å². The zero-order valence-corrected chi connectivity index (χ0v) is 12.2. The van der Waals surface area contributed by atoms with E-state index in [1.165, 1.54) is 0 Å². The molecule has 2 rings (SSSR count). The van der Waals surface area contributed by atoms with E-state index in [1.54, 1.807) is 30.1 Å². The summed E-state index contributed by atoms with van der Waals surface area (Å²) in [6.45, 7) is 0.737. The van der Waals surface area contributed by atoms with Gasteiger partial charge in [0.2, 0.25) is 5.91 Å². The standard InChI is InChI=1S/C15H21N3O3/c1-18(14(19)10-13-7-2-3-8-21-13)12-6-4-5-11(9-12)15(16)17-20/h4-6,9,13,20H,2-3,7-8,10H2,1H3,(H2,16,17). The number of hydrogen-bond acceptors (Lipinski definition) is 4. The summed E-state index contributed by atoms with van der Waals surface area (Å²) in [5.41, 5.74) is 6.85. The highest BCUT2D eigenvalue weighted by atomic mass is 16.5. The lowest BCUT2D eigenvalue weighted by Crippen LogP contribution is -2.32. The lowest BCUT2D eigenvalue weighted by atomic mass is 10.1. The Kier molecular flexibility index (Phi) is 5.16. The fraction of sp³-hybridized carbons (Fsp3) is 0.467. The third kappa shape index (κ3) is 3.95. The first-order chi connectivity index (χ1) is 10.1. The fourth-order valence-corrected chi connectivity index (χ4v) is 2.38. The summed E-state index contributed by atoms with van der Waals surface area (Å²) in [5, 5.41) is 11.7. The molecule has 6 heteroatoms. The zero-order chi connectivity index (χ0) is 15.2. The SMILES string of the molecule is CN(C(=O)CC1CCCCO1)c1cccc(/C(N)=N/O)c1. The van der Waals surface area contributed by atoms with Gasteiger partial charge < -0.3 is 20.6 Å². The second-order valence-electron chi connectivity index (χ2n) is 5.18. The number of amides is 1. The topological polar surface area (TPSA) is 88.2 Å². The van der Waals surface area contributed by atoms with Crippen molar-refractivity contribution in [2.75, 3.05) is 18.6 Å². The van der Waals surface area contributed by atoms with E-state index in [-0.39, 0.29) is 17.8 Å². The maximum absolute atomic E-state index is 12.3. The van der Waals surface area contributed by atoms with Crippen molar-refractivity contribution in [1.29, 1.82) is 0 Å². The van der Waals surface area contributed by atoms with E-state index in [4.69, 9.17) is 15.7 Å². The maximum atomic E-state index is 12.3. The summed E-state index contributed by atoms with van der Waals surface area (Å²) in [4.78, 5) is 13.9. The number of rotatable bonds is 4.